The Labute approximate surface area is 81.4 Å². The minimum absolute atomic E-state index is 0. The van der Waals surface area contributed by atoms with Gasteiger partial charge < -0.3 is 16.4 Å². The number of quaternary nitrogens is 1. The second-order valence-electron chi connectivity index (χ2n) is 1.87. The normalized spacial score (nSPS) is 9.21. The van der Waals surface area contributed by atoms with Gasteiger partial charge in [0.1, 0.15) is 0 Å². The second kappa shape index (κ2) is 6.16. The first-order chi connectivity index (χ1) is 5.80. The van der Waals surface area contributed by atoms with E-state index in [1.165, 1.54) is 12.1 Å². The third-order valence-corrected chi connectivity index (χ3v) is 0.882. The van der Waals surface area contributed by atoms with Gasteiger partial charge in [0.25, 0.3) is 0 Å². The monoisotopic (exact) mass is 247 g/mol. The van der Waals surface area contributed by atoms with Crippen LogP contribution < -0.4 is 10.3 Å². The van der Waals surface area contributed by atoms with Gasteiger partial charge in [0.05, 0.1) is 0 Å². The first-order valence-electron chi connectivity index (χ1n) is 2.89. The first-order valence-corrected chi connectivity index (χ1v) is 4.82. The van der Waals surface area contributed by atoms with Gasteiger partial charge in [-0.2, -0.15) is 0 Å². The van der Waals surface area contributed by atoms with E-state index in [4.69, 9.17) is 25.9 Å². The molecule has 1 rings (SSSR count). The van der Waals surface area contributed by atoms with Crippen molar-refractivity contribution in [1.82, 2.24) is 6.15 Å². The first kappa shape index (κ1) is 15.1. The molecular weight excluding hydrogens is 237 g/mol. The number of rotatable bonds is 0. The maximum absolute atomic E-state index is 8.67. The molecule has 0 aliphatic carbocycles. The van der Waals surface area contributed by atoms with E-state index in [0.29, 0.717) is 0 Å². The maximum atomic E-state index is 8.67. The van der Waals surface area contributed by atoms with E-state index in [1.807, 2.05) is 0 Å². The van der Waals surface area contributed by atoms with Crippen molar-refractivity contribution in [1.29, 1.82) is 0 Å². The van der Waals surface area contributed by atoms with E-state index in [0.717, 1.165) is 0 Å². The van der Waals surface area contributed by atoms with Crippen molar-refractivity contribution in [3.63, 3.8) is 0 Å². The molecule has 0 fully saturated rings. The molecule has 0 unspecified atom stereocenters. The zero-order valence-corrected chi connectivity index (χ0v) is 8.40. The Hall–Kier alpha value is -1.34. The molecule has 0 atom stereocenters. The number of para-hydroxylation sites is 2. The SMILES string of the molecule is Oc1ccccc1O.[NH4+].[O]=[Mn](=[O])(=[O])[O-]. The summed E-state index contributed by atoms with van der Waals surface area (Å²) < 4.78 is 34.3. The van der Waals surface area contributed by atoms with Crippen LogP contribution in [0.3, 0.4) is 0 Å². The number of phenols is 2. The van der Waals surface area contributed by atoms with Crippen LogP contribution in [0.1, 0.15) is 0 Å². The Kier molecular flexibility index (Phi) is 6.67. The topological polar surface area (TPSA) is 151 Å². The van der Waals surface area contributed by atoms with Crippen molar-refractivity contribution in [2.24, 2.45) is 0 Å². The molecule has 1 aromatic rings. The van der Waals surface area contributed by atoms with Crippen LogP contribution in [0.4, 0.5) is 0 Å². The summed E-state index contributed by atoms with van der Waals surface area (Å²) in [5, 5.41) is 17.3. The molecular formula is C6H10MnNO6. The standard InChI is InChI=1S/C6H6O2.Mn.H3N.4O/c7-5-3-1-2-4-6(5)8;;;;;;/h1-4,7-8H;;1H3;;;;/q;;;;;;-1/p+1. The fourth-order valence-corrected chi connectivity index (χ4v) is 0.464. The summed E-state index contributed by atoms with van der Waals surface area (Å²) in [7, 11) is 0. The predicted octanol–water partition coefficient (Wildman–Crippen LogP) is -0.0739. The number of aromatic hydroxyl groups is 2. The van der Waals surface area contributed by atoms with E-state index in [1.54, 1.807) is 12.1 Å². The van der Waals surface area contributed by atoms with Gasteiger partial charge in [-0.15, -0.1) is 0 Å². The van der Waals surface area contributed by atoms with Gasteiger partial charge in [0.2, 0.25) is 0 Å². The van der Waals surface area contributed by atoms with Crippen molar-refractivity contribution in [3.05, 3.63) is 24.3 Å². The third kappa shape index (κ3) is 10.7. The molecule has 0 aliphatic rings. The van der Waals surface area contributed by atoms with Gasteiger partial charge in [0, 0.05) is 0 Å². The molecule has 0 saturated heterocycles. The Balaban J connectivity index is 0. The third-order valence-electron chi connectivity index (χ3n) is 0.882. The molecule has 7 nitrogen and oxygen atoms in total. The molecule has 14 heavy (non-hydrogen) atoms. The van der Waals surface area contributed by atoms with Gasteiger partial charge in [-0.05, 0) is 12.1 Å². The van der Waals surface area contributed by atoms with Crippen molar-refractivity contribution in [2.45, 2.75) is 0 Å². The molecule has 6 N–H and O–H groups in total. The number of hydrogen-bond acceptors (Lipinski definition) is 6. The molecule has 8 heteroatoms. The summed E-state index contributed by atoms with van der Waals surface area (Å²) in [6.45, 7) is 0. The predicted molar refractivity (Wildman–Crippen MR) is 37.8 cm³/mol. The summed E-state index contributed by atoms with van der Waals surface area (Å²) in [5.41, 5.74) is 0. The summed E-state index contributed by atoms with van der Waals surface area (Å²) >= 11 is -5.62. The van der Waals surface area contributed by atoms with E-state index in [9.17, 15) is 0 Å². The Bertz CT molecular complexity index is 385. The molecule has 82 valence electrons. The minimum atomic E-state index is -5.62. The Morgan fingerprint density at radius 2 is 1.21 bits per heavy atom. The van der Waals surface area contributed by atoms with Gasteiger partial charge in [-0.3, -0.25) is 0 Å². The molecule has 0 bridgehead atoms. The summed E-state index contributed by atoms with van der Waals surface area (Å²) in [5.74, 6) is -0.153. The number of hydrogen-bond donors (Lipinski definition) is 3. The van der Waals surface area contributed by atoms with Gasteiger partial charge in [0.15, 0.2) is 11.5 Å². The van der Waals surface area contributed by atoms with Crippen LogP contribution >= 0.6 is 0 Å². The Morgan fingerprint density at radius 3 is 1.36 bits per heavy atom. The van der Waals surface area contributed by atoms with E-state index < -0.39 is 13.0 Å². The second-order valence-corrected chi connectivity index (χ2v) is 3.05. The van der Waals surface area contributed by atoms with E-state index >= 15 is 0 Å². The Morgan fingerprint density at radius 1 is 1.00 bits per heavy atom. The molecule has 1 aromatic carbocycles. The van der Waals surface area contributed by atoms with Crippen LogP contribution in [0.2, 0.25) is 0 Å². The van der Waals surface area contributed by atoms with E-state index in [2.05, 4.69) is 0 Å². The number of benzene rings is 1. The molecule has 0 aliphatic heterocycles. The molecule has 0 heterocycles. The zero-order chi connectivity index (χ0) is 10.5. The van der Waals surface area contributed by atoms with Gasteiger partial charge >= 0.3 is 28.7 Å². The molecule has 0 aromatic heterocycles. The van der Waals surface area contributed by atoms with E-state index in [-0.39, 0.29) is 17.6 Å². The molecule has 0 saturated carbocycles. The van der Waals surface area contributed by atoms with Crippen LogP contribution in [0, 0.1) is 0 Å². The summed E-state index contributed by atoms with van der Waals surface area (Å²) in [6, 6.07) is 6.15. The molecule has 0 amide bonds. The van der Waals surface area contributed by atoms with Crippen LogP contribution in [-0.4, -0.2) is 10.2 Å². The molecule has 0 spiro atoms. The van der Waals surface area contributed by atoms with Crippen molar-refractivity contribution in [2.75, 3.05) is 0 Å². The van der Waals surface area contributed by atoms with Crippen LogP contribution in [0.25, 0.3) is 0 Å². The van der Waals surface area contributed by atoms with Crippen molar-refractivity contribution < 1.29 is 38.9 Å². The average Bonchev–Trinajstić information content (AvgIpc) is 1.92. The van der Waals surface area contributed by atoms with Gasteiger partial charge in [-0.1, -0.05) is 12.1 Å². The summed E-state index contributed by atoms with van der Waals surface area (Å²) in [6.07, 6.45) is 0. The fraction of sp³-hybridized carbons (Fsp3) is 0. The quantitative estimate of drug-likeness (QED) is 0.430. The van der Waals surface area contributed by atoms with Crippen molar-refractivity contribution >= 4 is 0 Å². The van der Waals surface area contributed by atoms with Gasteiger partial charge in [-0.25, -0.2) is 0 Å². The van der Waals surface area contributed by atoms with Crippen LogP contribution in [0.5, 0.6) is 11.5 Å². The molecule has 0 radical (unpaired) electrons. The van der Waals surface area contributed by atoms with Crippen LogP contribution in [0.15, 0.2) is 24.3 Å². The number of phenolic OH excluding ortho intramolecular Hbond substituents is 2. The van der Waals surface area contributed by atoms with Crippen molar-refractivity contribution in [3.8, 4) is 11.5 Å². The summed E-state index contributed by atoms with van der Waals surface area (Å²) in [4.78, 5) is 0. The fourth-order valence-electron chi connectivity index (χ4n) is 0.464. The zero-order valence-electron chi connectivity index (χ0n) is 7.21. The average molecular weight is 247 g/mol. The van der Waals surface area contributed by atoms with Crippen LogP contribution in [-0.2, 0) is 24.5 Å².